The van der Waals surface area contributed by atoms with E-state index >= 15 is 0 Å². The van der Waals surface area contributed by atoms with Gasteiger partial charge in [-0.2, -0.15) is 0 Å². The highest BCUT2D eigenvalue weighted by Crippen LogP contribution is 2.22. The second-order valence-electron chi connectivity index (χ2n) is 5.12. The van der Waals surface area contributed by atoms with Crippen LogP contribution >= 0.6 is 15.9 Å². The molecule has 1 aromatic carbocycles. The lowest BCUT2D eigenvalue weighted by atomic mass is 9.92. The van der Waals surface area contributed by atoms with Crippen molar-refractivity contribution in [1.29, 1.82) is 0 Å². The summed E-state index contributed by atoms with van der Waals surface area (Å²) in [5.74, 6) is 0. The normalized spacial score (nSPS) is 20.6. The number of benzene rings is 1. The van der Waals surface area contributed by atoms with Crippen LogP contribution in [0.4, 0.5) is 0 Å². The molecular weight excluding hydrogens is 294 g/mol. The Morgan fingerprint density at radius 3 is 2.83 bits per heavy atom. The largest absolute Gasteiger partial charge is 0.387 e. The number of aliphatic hydroxyl groups excluding tert-OH is 1. The first kappa shape index (κ1) is 14.0. The summed E-state index contributed by atoms with van der Waals surface area (Å²) in [7, 11) is 0. The molecule has 0 saturated carbocycles. The Bertz CT molecular complexity index is 391. The summed E-state index contributed by atoms with van der Waals surface area (Å²) in [4.78, 5) is 0. The van der Waals surface area contributed by atoms with Crippen molar-refractivity contribution in [3.05, 3.63) is 34.3 Å². The van der Waals surface area contributed by atoms with E-state index in [0.717, 1.165) is 36.1 Å². The zero-order chi connectivity index (χ0) is 13.0. The highest BCUT2D eigenvalue weighted by Gasteiger charge is 2.27. The molecule has 0 aromatic heterocycles. The van der Waals surface area contributed by atoms with Crippen LogP contribution in [0.15, 0.2) is 28.7 Å². The van der Waals surface area contributed by atoms with Gasteiger partial charge in [0.1, 0.15) is 0 Å². The Kier molecular flexibility index (Phi) is 4.78. The van der Waals surface area contributed by atoms with E-state index in [1.165, 1.54) is 0 Å². The van der Waals surface area contributed by atoms with E-state index in [4.69, 9.17) is 4.74 Å². The van der Waals surface area contributed by atoms with Crippen LogP contribution in [0.25, 0.3) is 0 Å². The molecule has 1 fully saturated rings. The molecule has 100 valence electrons. The maximum Gasteiger partial charge on any atom is 0.0914 e. The first-order chi connectivity index (χ1) is 8.59. The Labute approximate surface area is 117 Å². The van der Waals surface area contributed by atoms with Crippen molar-refractivity contribution < 1.29 is 9.84 Å². The Balaban J connectivity index is 1.89. The van der Waals surface area contributed by atoms with Crippen molar-refractivity contribution >= 4 is 15.9 Å². The fraction of sp³-hybridized carbons (Fsp3) is 0.571. The minimum absolute atomic E-state index is 0.0885. The van der Waals surface area contributed by atoms with Gasteiger partial charge >= 0.3 is 0 Å². The van der Waals surface area contributed by atoms with Gasteiger partial charge in [-0.15, -0.1) is 0 Å². The first-order valence-electron chi connectivity index (χ1n) is 6.35. The summed E-state index contributed by atoms with van der Waals surface area (Å²) in [6.45, 7) is 4.38. The molecule has 0 bridgehead atoms. The quantitative estimate of drug-likeness (QED) is 0.898. The van der Waals surface area contributed by atoms with E-state index < -0.39 is 6.10 Å². The molecule has 0 spiro atoms. The Morgan fingerprint density at radius 2 is 2.17 bits per heavy atom. The van der Waals surface area contributed by atoms with E-state index in [9.17, 15) is 5.11 Å². The molecule has 0 amide bonds. The highest BCUT2D eigenvalue weighted by molar-refractivity contribution is 9.10. The molecule has 2 N–H and O–H groups in total. The predicted molar refractivity (Wildman–Crippen MR) is 75.6 cm³/mol. The third-order valence-electron chi connectivity index (χ3n) is 3.55. The average molecular weight is 314 g/mol. The molecule has 1 aromatic rings. The molecule has 1 aliphatic heterocycles. The lowest BCUT2D eigenvalue weighted by Gasteiger charge is -2.35. The summed E-state index contributed by atoms with van der Waals surface area (Å²) in [6, 6.07) is 7.81. The SMILES string of the molecule is CC1(NCC(O)c2cccc(Br)c2)CCOCC1. The molecule has 3 nitrogen and oxygen atoms in total. The number of aliphatic hydroxyl groups is 1. The van der Waals surface area contributed by atoms with Crippen LogP contribution in [0.5, 0.6) is 0 Å². The number of halogens is 1. The van der Waals surface area contributed by atoms with Crippen molar-refractivity contribution in [3.63, 3.8) is 0 Å². The van der Waals surface area contributed by atoms with Gasteiger partial charge in [-0.3, -0.25) is 0 Å². The number of rotatable bonds is 4. The zero-order valence-corrected chi connectivity index (χ0v) is 12.2. The van der Waals surface area contributed by atoms with Crippen LogP contribution in [-0.2, 0) is 4.74 Å². The minimum atomic E-state index is -0.470. The average Bonchev–Trinajstić information content (AvgIpc) is 2.37. The van der Waals surface area contributed by atoms with E-state index in [1.54, 1.807) is 0 Å². The summed E-state index contributed by atoms with van der Waals surface area (Å²) in [5, 5.41) is 13.6. The molecule has 1 heterocycles. The molecule has 0 aliphatic carbocycles. The van der Waals surface area contributed by atoms with Gasteiger partial charge in [-0.05, 0) is 37.5 Å². The van der Waals surface area contributed by atoms with Crippen molar-refractivity contribution in [1.82, 2.24) is 5.32 Å². The molecule has 18 heavy (non-hydrogen) atoms. The Morgan fingerprint density at radius 1 is 1.44 bits per heavy atom. The molecule has 1 saturated heterocycles. The number of nitrogens with one attached hydrogen (secondary N) is 1. The second-order valence-corrected chi connectivity index (χ2v) is 6.04. The number of hydrogen-bond donors (Lipinski definition) is 2. The molecule has 2 rings (SSSR count). The van der Waals surface area contributed by atoms with Gasteiger partial charge in [0, 0.05) is 29.8 Å². The molecular formula is C14H20BrNO2. The Hall–Kier alpha value is -0.420. The molecule has 1 atom stereocenters. The number of ether oxygens (including phenoxy) is 1. The standard InChI is InChI=1S/C14H20BrNO2/c1-14(5-7-18-8-6-14)16-10-13(17)11-3-2-4-12(15)9-11/h2-4,9,13,16-17H,5-8,10H2,1H3. The van der Waals surface area contributed by atoms with Gasteiger partial charge in [0.15, 0.2) is 0 Å². The van der Waals surface area contributed by atoms with E-state index in [0.29, 0.717) is 6.54 Å². The maximum absolute atomic E-state index is 10.2. The van der Waals surface area contributed by atoms with Crippen molar-refractivity contribution in [2.24, 2.45) is 0 Å². The molecule has 0 radical (unpaired) electrons. The topological polar surface area (TPSA) is 41.5 Å². The third kappa shape index (κ3) is 3.79. The van der Waals surface area contributed by atoms with Crippen molar-refractivity contribution in [2.45, 2.75) is 31.4 Å². The number of hydrogen-bond acceptors (Lipinski definition) is 3. The van der Waals surface area contributed by atoms with Gasteiger partial charge in [0.25, 0.3) is 0 Å². The molecule has 4 heteroatoms. The van der Waals surface area contributed by atoms with Crippen LogP contribution in [-0.4, -0.2) is 30.4 Å². The lowest BCUT2D eigenvalue weighted by Crippen LogP contribution is -2.48. The van der Waals surface area contributed by atoms with Gasteiger partial charge in [-0.25, -0.2) is 0 Å². The molecule has 1 aliphatic rings. The van der Waals surface area contributed by atoms with Crippen LogP contribution in [0.1, 0.15) is 31.4 Å². The smallest absolute Gasteiger partial charge is 0.0914 e. The summed E-state index contributed by atoms with van der Waals surface area (Å²) < 4.78 is 6.36. The van der Waals surface area contributed by atoms with Gasteiger partial charge < -0.3 is 15.2 Å². The first-order valence-corrected chi connectivity index (χ1v) is 7.15. The van der Waals surface area contributed by atoms with Crippen LogP contribution in [0.3, 0.4) is 0 Å². The minimum Gasteiger partial charge on any atom is -0.387 e. The fourth-order valence-electron chi connectivity index (χ4n) is 2.17. The zero-order valence-electron chi connectivity index (χ0n) is 10.7. The highest BCUT2D eigenvalue weighted by atomic mass is 79.9. The summed E-state index contributed by atoms with van der Waals surface area (Å²) in [6.07, 6.45) is 1.53. The summed E-state index contributed by atoms with van der Waals surface area (Å²) >= 11 is 3.42. The van der Waals surface area contributed by atoms with Gasteiger partial charge in [0.2, 0.25) is 0 Å². The lowest BCUT2D eigenvalue weighted by molar-refractivity contribution is 0.0388. The monoisotopic (exact) mass is 313 g/mol. The van der Waals surface area contributed by atoms with E-state index in [2.05, 4.69) is 28.2 Å². The van der Waals surface area contributed by atoms with Gasteiger partial charge in [-0.1, -0.05) is 28.1 Å². The van der Waals surface area contributed by atoms with E-state index in [-0.39, 0.29) is 5.54 Å². The van der Waals surface area contributed by atoms with Crippen LogP contribution < -0.4 is 5.32 Å². The van der Waals surface area contributed by atoms with E-state index in [1.807, 2.05) is 24.3 Å². The van der Waals surface area contributed by atoms with Crippen LogP contribution in [0.2, 0.25) is 0 Å². The van der Waals surface area contributed by atoms with Crippen LogP contribution in [0, 0.1) is 0 Å². The third-order valence-corrected chi connectivity index (χ3v) is 4.05. The summed E-state index contributed by atoms with van der Waals surface area (Å²) in [5.41, 5.74) is 1.03. The van der Waals surface area contributed by atoms with Crippen molar-refractivity contribution in [2.75, 3.05) is 19.8 Å². The number of β-amino-alcohol motifs (C(OH)–C–C–N with tert-alkyl or cyclic N) is 1. The maximum atomic E-state index is 10.2. The predicted octanol–water partition coefficient (Wildman–Crippen LogP) is 2.64. The van der Waals surface area contributed by atoms with Crippen molar-refractivity contribution in [3.8, 4) is 0 Å². The fourth-order valence-corrected chi connectivity index (χ4v) is 2.59. The second kappa shape index (κ2) is 6.15. The molecule has 1 unspecified atom stereocenters. The van der Waals surface area contributed by atoms with Gasteiger partial charge in [0.05, 0.1) is 6.10 Å².